The van der Waals surface area contributed by atoms with Crippen LogP contribution in [0, 0.1) is 17.1 Å². The summed E-state index contributed by atoms with van der Waals surface area (Å²) in [6.45, 7) is 1.27. The SMILES string of the molecule is C[C@]1(c2ccc(F)cc2)NC(=O)N(CC(=O)N(CCC#N)Cc2ccco2)C1=O. The van der Waals surface area contributed by atoms with Crippen LogP contribution in [0.15, 0.2) is 47.1 Å². The van der Waals surface area contributed by atoms with Crippen LogP contribution < -0.4 is 5.32 Å². The molecule has 1 aromatic heterocycles. The fourth-order valence-corrected chi connectivity index (χ4v) is 3.12. The van der Waals surface area contributed by atoms with Crippen molar-refractivity contribution in [3.05, 3.63) is 59.8 Å². The van der Waals surface area contributed by atoms with Crippen molar-refractivity contribution in [3.63, 3.8) is 0 Å². The van der Waals surface area contributed by atoms with Crippen molar-refractivity contribution >= 4 is 17.8 Å². The lowest BCUT2D eigenvalue weighted by Crippen LogP contribution is -2.44. The number of rotatable bonds is 7. The highest BCUT2D eigenvalue weighted by molar-refractivity contribution is 6.09. The highest BCUT2D eigenvalue weighted by Gasteiger charge is 2.49. The highest BCUT2D eigenvalue weighted by Crippen LogP contribution is 2.29. The number of imide groups is 1. The van der Waals surface area contributed by atoms with Crippen molar-refractivity contribution in [2.24, 2.45) is 0 Å². The van der Waals surface area contributed by atoms with Gasteiger partial charge in [0.1, 0.15) is 23.7 Å². The molecule has 1 aliphatic rings. The number of nitrogens with one attached hydrogen (secondary N) is 1. The number of carbonyl (C=O) groups is 3. The van der Waals surface area contributed by atoms with E-state index in [1.807, 2.05) is 6.07 Å². The molecule has 2 aromatic rings. The number of urea groups is 1. The molecule has 0 radical (unpaired) electrons. The van der Waals surface area contributed by atoms with Gasteiger partial charge < -0.3 is 14.6 Å². The van der Waals surface area contributed by atoms with Gasteiger partial charge in [-0.05, 0) is 36.8 Å². The number of halogens is 1. The molecule has 2 heterocycles. The van der Waals surface area contributed by atoms with Gasteiger partial charge in [0.15, 0.2) is 0 Å². The maximum atomic E-state index is 13.2. The van der Waals surface area contributed by atoms with Crippen molar-refractivity contribution in [1.82, 2.24) is 15.1 Å². The molecule has 1 atom stereocenters. The first-order chi connectivity index (χ1) is 13.8. The van der Waals surface area contributed by atoms with E-state index in [0.29, 0.717) is 11.3 Å². The Kier molecular flexibility index (Phi) is 5.64. The van der Waals surface area contributed by atoms with E-state index in [-0.39, 0.29) is 19.5 Å². The molecular formula is C20H19FN4O4. The summed E-state index contributed by atoms with van der Waals surface area (Å²) in [6.07, 6.45) is 1.56. The molecule has 0 saturated carbocycles. The van der Waals surface area contributed by atoms with Crippen molar-refractivity contribution < 1.29 is 23.2 Å². The lowest BCUT2D eigenvalue weighted by molar-refractivity contribution is -0.139. The first-order valence-electron chi connectivity index (χ1n) is 8.92. The normalized spacial score (nSPS) is 18.4. The van der Waals surface area contributed by atoms with Gasteiger partial charge in [-0.2, -0.15) is 5.26 Å². The first-order valence-corrected chi connectivity index (χ1v) is 8.92. The monoisotopic (exact) mass is 398 g/mol. The number of furan rings is 1. The van der Waals surface area contributed by atoms with Crippen molar-refractivity contribution in [3.8, 4) is 6.07 Å². The molecule has 0 spiro atoms. The fraction of sp³-hybridized carbons (Fsp3) is 0.300. The largest absolute Gasteiger partial charge is 0.467 e. The van der Waals surface area contributed by atoms with Gasteiger partial charge in [-0.1, -0.05) is 12.1 Å². The van der Waals surface area contributed by atoms with E-state index in [4.69, 9.17) is 9.68 Å². The molecule has 1 saturated heterocycles. The topological polar surface area (TPSA) is 107 Å². The summed E-state index contributed by atoms with van der Waals surface area (Å²) in [5.41, 5.74) is -0.993. The second kappa shape index (κ2) is 8.14. The zero-order chi connectivity index (χ0) is 21.0. The summed E-state index contributed by atoms with van der Waals surface area (Å²) in [7, 11) is 0. The Balaban J connectivity index is 1.76. The predicted molar refractivity (Wildman–Crippen MR) is 98.4 cm³/mol. The fourth-order valence-electron chi connectivity index (χ4n) is 3.12. The minimum Gasteiger partial charge on any atom is -0.467 e. The van der Waals surface area contributed by atoms with Crippen molar-refractivity contribution in [2.75, 3.05) is 13.1 Å². The lowest BCUT2D eigenvalue weighted by atomic mass is 9.92. The second-order valence-electron chi connectivity index (χ2n) is 6.76. The second-order valence-corrected chi connectivity index (χ2v) is 6.76. The van der Waals surface area contributed by atoms with E-state index in [2.05, 4.69) is 5.32 Å². The van der Waals surface area contributed by atoms with Gasteiger partial charge >= 0.3 is 6.03 Å². The minimum atomic E-state index is -1.40. The van der Waals surface area contributed by atoms with E-state index in [9.17, 15) is 18.8 Å². The van der Waals surface area contributed by atoms with Crippen LogP contribution in [0.1, 0.15) is 24.7 Å². The number of amides is 4. The standard InChI is InChI=1S/C20H19FN4O4/c1-20(14-5-7-15(21)8-6-14)18(27)25(19(28)23-20)13-17(26)24(10-3-9-22)12-16-4-2-11-29-16/h2,4-8,11H,3,10,12-13H2,1H3,(H,23,28)/t20-/m1/s1. The van der Waals surface area contributed by atoms with Crippen LogP contribution in [-0.2, 0) is 21.7 Å². The molecule has 1 aromatic carbocycles. The van der Waals surface area contributed by atoms with Crippen LogP contribution in [0.2, 0.25) is 0 Å². The molecule has 29 heavy (non-hydrogen) atoms. The van der Waals surface area contributed by atoms with Gasteiger partial charge in [0.25, 0.3) is 5.91 Å². The quantitative estimate of drug-likeness (QED) is 0.719. The number of hydrogen-bond donors (Lipinski definition) is 1. The smallest absolute Gasteiger partial charge is 0.325 e. The van der Waals surface area contributed by atoms with E-state index in [1.54, 1.807) is 12.1 Å². The zero-order valence-corrected chi connectivity index (χ0v) is 15.7. The molecule has 0 aliphatic carbocycles. The van der Waals surface area contributed by atoms with Crippen molar-refractivity contribution in [1.29, 1.82) is 5.26 Å². The minimum absolute atomic E-state index is 0.0971. The summed E-state index contributed by atoms with van der Waals surface area (Å²) in [6, 6.07) is 9.83. The van der Waals surface area contributed by atoms with Crippen LogP contribution in [0.3, 0.4) is 0 Å². The van der Waals surface area contributed by atoms with Gasteiger partial charge in [-0.15, -0.1) is 0 Å². The Bertz CT molecular complexity index is 952. The maximum Gasteiger partial charge on any atom is 0.325 e. The van der Waals surface area contributed by atoms with Gasteiger partial charge in [-0.25, -0.2) is 9.18 Å². The van der Waals surface area contributed by atoms with Gasteiger partial charge in [0.2, 0.25) is 5.91 Å². The molecule has 3 rings (SSSR count). The Hall–Kier alpha value is -3.67. The summed E-state index contributed by atoms with van der Waals surface area (Å²) >= 11 is 0. The third-order valence-corrected chi connectivity index (χ3v) is 4.76. The lowest BCUT2D eigenvalue weighted by Gasteiger charge is -2.24. The number of benzene rings is 1. The van der Waals surface area contributed by atoms with Gasteiger partial charge in [-0.3, -0.25) is 14.5 Å². The predicted octanol–water partition coefficient (Wildman–Crippen LogP) is 2.13. The maximum absolute atomic E-state index is 13.2. The Morgan fingerprint density at radius 1 is 1.31 bits per heavy atom. The average molecular weight is 398 g/mol. The summed E-state index contributed by atoms with van der Waals surface area (Å²) in [5.74, 6) is -1.05. The molecule has 1 N–H and O–H groups in total. The molecular weight excluding hydrogens is 379 g/mol. The highest BCUT2D eigenvalue weighted by atomic mass is 19.1. The number of nitriles is 1. The molecule has 150 valence electrons. The molecule has 0 bridgehead atoms. The number of hydrogen-bond acceptors (Lipinski definition) is 5. The molecule has 1 aliphatic heterocycles. The van der Waals surface area contributed by atoms with Crippen LogP contribution in [0.25, 0.3) is 0 Å². The summed E-state index contributed by atoms with van der Waals surface area (Å²) < 4.78 is 18.4. The van der Waals surface area contributed by atoms with Crippen LogP contribution in [-0.4, -0.2) is 40.7 Å². The Morgan fingerprint density at radius 3 is 2.66 bits per heavy atom. The first kappa shape index (κ1) is 20.1. The average Bonchev–Trinajstić information content (AvgIpc) is 3.28. The number of nitrogens with zero attached hydrogens (tertiary/aromatic N) is 3. The molecule has 8 nitrogen and oxygen atoms in total. The van der Waals surface area contributed by atoms with Gasteiger partial charge in [0.05, 0.1) is 25.3 Å². The molecule has 0 unspecified atom stereocenters. The van der Waals surface area contributed by atoms with Crippen LogP contribution in [0.5, 0.6) is 0 Å². The summed E-state index contributed by atoms with van der Waals surface area (Å²) in [4.78, 5) is 40.3. The van der Waals surface area contributed by atoms with Crippen molar-refractivity contribution in [2.45, 2.75) is 25.4 Å². The summed E-state index contributed by atoms with van der Waals surface area (Å²) in [5, 5.41) is 11.4. The number of carbonyl (C=O) groups excluding carboxylic acids is 3. The molecule has 4 amide bonds. The van der Waals surface area contributed by atoms with Crippen LogP contribution >= 0.6 is 0 Å². The van der Waals surface area contributed by atoms with E-state index >= 15 is 0 Å². The molecule has 1 fully saturated rings. The zero-order valence-electron chi connectivity index (χ0n) is 15.7. The Morgan fingerprint density at radius 2 is 2.03 bits per heavy atom. The van der Waals surface area contributed by atoms with E-state index in [1.165, 1.54) is 42.4 Å². The third-order valence-electron chi connectivity index (χ3n) is 4.76. The van der Waals surface area contributed by atoms with E-state index in [0.717, 1.165) is 4.90 Å². The third kappa shape index (κ3) is 4.11. The Labute approximate surface area is 166 Å². The molecule has 9 heteroatoms. The van der Waals surface area contributed by atoms with Gasteiger partial charge in [0, 0.05) is 6.54 Å². The van der Waals surface area contributed by atoms with E-state index < -0.39 is 35.7 Å². The van der Waals surface area contributed by atoms with Crippen LogP contribution in [0.4, 0.5) is 9.18 Å².